The van der Waals surface area contributed by atoms with Crippen LogP contribution in [0.2, 0.25) is 0 Å². The number of nitrogens with two attached hydrogens (primary N) is 1. The molecule has 6 rings (SSSR count). The predicted octanol–water partition coefficient (Wildman–Crippen LogP) is 5.47. The number of amides is 1. The third-order valence-corrected chi connectivity index (χ3v) is 8.90. The summed E-state index contributed by atoms with van der Waals surface area (Å²) in [5, 5.41) is 0.866. The Hall–Kier alpha value is -4.04. The SMILES string of the molecule is CCN1CCC(COc2cc3ncnc(-c4ccc(C5CC5(C(N)=O)c5ccc(F)cc5)cc4)c3cc2OC)CC1. The number of likely N-dealkylation sites (tertiary alicyclic amines) is 1. The Morgan fingerprint density at radius 3 is 2.44 bits per heavy atom. The molecule has 1 aliphatic heterocycles. The lowest BCUT2D eigenvalue weighted by Crippen LogP contribution is -2.35. The van der Waals surface area contributed by atoms with Crippen molar-refractivity contribution in [1.82, 2.24) is 14.9 Å². The van der Waals surface area contributed by atoms with Crippen LogP contribution in [0.3, 0.4) is 0 Å². The number of carbonyl (C=O) groups is 1. The van der Waals surface area contributed by atoms with E-state index in [0.29, 0.717) is 30.4 Å². The van der Waals surface area contributed by atoms with Gasteiger partial charge in [0.1, 0.15) is 12.1 Å². The van der Waals surface area contributed by atoms with Crippen molar-refractivity contribution in [3.05, 3.63) is 83.9 Å². The van der Waals surface area contributed by atoms with Gasteiger partial charge in [0.15, 0.2) is 11.5 Å². The monoisotopic (exact) mass is 554 g/mol. The topological polar surface area (TPSA) is 90.6 Å². The summed E-state index contributed by atoms with van der Waals surface area (Å²) in [7, 11) is 1.65. The first kappa shape index (κ1) is 27.1. The van der Waals surface area contributed by atoms with Crippen LogP contribution in [0, 0.1) is 11.7 Å². The number of benzene rings is 3. The fourth-order valence-corrected chi connectivity index (χ4v) is 6.26. The molecule has 8 heteroatoms. The van der Waals surface area contributed by atoms with Gasteiger partial charge in [0.2, 0.25) is 5.91 Å². The third kappa shape index (κ3) is 5.12. The fourth-order valence-electron chi connectivity index (χ4n) is 6.26. The molecule has 212 valence electrons. The normalized spacial score (nSPS) is 21.1. The Labute approximate surface area is 239 Å². The molecule has 4 aromatic rings. The molecule has 0 bridgehead atoms. The van der Waals surface area contributed by atoms with Gasteiger partial charge in [0.05, 0.1) is 30.3 Å². The minimum Gasteiger partial charge on any atom is -0.493 e. The Balaban J connectivity index is 1.23. The smallest absolute Gasteiger partial charge is 0.228 e. The first-order valence-corrected chi connectivity index (χ1v) is 14.3. The summed E-state index contributed by atoms with van der Waals surface area (Å²) >= 11 is 0. The Morgan fingerprint density at radius 1 is 1.05 bits per heavy atom. The lowest BCUT2D eigenvalue weighted by atomic mass is 9.89. The van der Waals surface area contributed by atoms with Crippen molar-refractivity contribution in [3.63, 3.8) is 0 Å². The minimum atomic E-state index is -0.812. The van der Waals surface area contributed by atoms with Gasteiger partial charge in [-0.15, -0.1) is 0 Å². The van der Waals surface area contributed by atoms with Crippen molar-refractivity contribution in [3.8, 4) is 22.8 Å². The number of primary amides is 1. The highest BCUT2D eigenvalue weighted by Crippen LogP contribution is 2.60. The summed E-state index contributed by atoms with van der Waals surface area (Å²) in [4.78, 5) is 24.1. The molecule has 1 aromatic heterocycles. The van der Waals surface area contributed by atoms with Crippen LogP contribution < -0.4 is 15.2 Å². The van der Waals surface area contributed by atoms with Gasteiger partial charge in [-0.05, 0) is 74.1 Å². The van der Waals surface area contributed by atoms with Gasteiger partial charge in [-0.3, -0.25) is 4.79 Å². The Bertz CT molecular complexity index is 1550. The predicted molar refractivity (Wildman–Crippen MR) is 156 cm³/mol. The van der Waals surface area contributed by atoms with Gasteiger partial charge in [0.25, 0.3) is 0 Å². The number of nitrogens with zero attached hydrogens (tertiary/aromatic N) is 3. The molecule has 2 unspecified atom stereocenters. The van der Waals surface area contributed by atoms with E-state index < -0.39 is 11.3 Å². The maximum absolute atomic E-state index is 13.5. The Morgan fingerprint density at radius 2 is 1.78 bits per heavy atom. The molecule has 1 aliphatic carbocycles. The second-order valence-corrected chi connectivity index (χ2v) is 11.2. The van der Waals surface area contributed by atoms with Crippen molar-refractivity contribution in [2.45, 2.75) is 37.5 Å². The summed E-state index contributed by atoms with van der Waals surface area (Å²) < 4.78 is 25.5. The number of aromatic nitrogens is 2. The van der Waals surface area contributed by atoms with Crippen molar-refractivity contribution in [2.75, 3.05) is 33.4 Å². The number of piperidine rings is 1. The second kappa shape index (κ2) is 11.1. The van der Waals surface area contributed by atoms with Crippen LogP contribution in [0.25, 0.3) is 22.2 Å². The zero-order valence-electron chi connectivity index (χ0n) is 23.5. The van der Waals surface area contributed by atoms with E-state index in [-0.39, 0.29) is 11.7 Å². The van der Waals surface area contributed by atoms with Gasteiger partial charge in [0, 0.05) is 22.9 Å². The number of ether oxygens (including phenoxy) is 2. The van der Waals surface area contributed by atoms with Crippen LogP contribution >= 0.6 is 0 Å². The van der Waals surface area contributed by atoms with Crippen molar-refractivity contribution in [1.29, 1.82) is 0 Å². The summed E-state index contributed by atoms with van der Waals surface area (Å²) in [6.45, 7) is 6.20. The maximum atomic E-state index is 13.5. The zero-order valence-corrected chi connectivity index (χ0v) is 23.5. The Kier molecular flexibility index (Phi) is 7.34. The van der Waals surface area contributed by atoms with Crippen molar-refractivity contribution in [2.24, 2.45) is 11.7 Å². The number of fused-ring (bicyclic) bond motifs is 1. The molecule has 2 fully saturated rings. The van der Waals surface area contributed by atoms with E-state index >= 15 is 0 Å². The minimum absolute atomic E-state index is 0.0596. The van der Waals surface area contributed by atoms with Gasteiger partial charge >= 0.3 is 0 Å². The van der Waals surface area contributed by atoms with Crippen LogP contribution in [0.4, 0.5) is 4.39 Å². The molecule has 2 atom stereocenters. The van der Waals surface area contributed by atoms with E-state index in [1.54, 1.807) is 25.6 Å². The molecule has 0 spiro atoms. The summed E-state index contributed by atoms with van der Waals surface area (Å²) in [5.74, 6) is 1.08. The summed E-state index contributed by atoms with van der Waals surface area (Å²) in [5.41, 5.74) is 9.29. The summed E-state index contributed by atoms with van der Waals surface area (Å²) in [6.07, 6.45) is 4.44. The van der Waals surface area contributed by atoms with E-state index in [2.05, 4.69) is 21.8 Å². The molecular formula is C33H35FN4O3. The van der Waals surface area contributed by atoms with Crippen LogP contribution in [0.1, 0.15) is 43.2 Å². The molecule has 2 aliphatic rings. The lowest BCUT2D eigenvalue weighted by Gasteiger charge is -2.30. The number of methoxy groups -OCH3 is 1. The number of halogens is 1. The molecule has 1 amide bonds. The number of hydrogen-bond acceptors (Lipinski definition) is 6. The van der Waals surface area contributed by atoms with E-state index in [1.807, 2.05) is 36.4 Å². The van der Waals surface area contributed by atoms with Gasteiger partial charge < -0.3 is 20.1 Å². The first-order valence-electron chi connectivity index (χ1n) is 14.3. The quantitative estimate of drug-likeness (QED) is 0.295. The van der Waals surface area contributed by atoms with Gasteiger partial charge in [-0.25, -0.2) is 14.4 Å². The van der Waals surface area contributed by atoms with Crippen LogP contribution in [0.15, 0.2) is 67.0 Å². The number of carbonyl (C=O) groups excluding carboxylic acids is 1. The molecule has 41 heavy (non-hydrogen) atoms. The lowest BCUT2D eigenvalue weighted by molar-refractivity contribution is -0.120. The highest BCUT2D eigenvalue weighted by molar-refractivity contribution is 5.95. The fraction of sp³-hybridized carbons (Fsp3) is 0.364. The molecule has 2 heterocycles. The molecule has 3 aromatic carbocycles. The average Bonchev–Trinajstić information content (AvgIpc) is 3.77. The molecule has 2 N–H and O–H groups in total. The molecule has 1 saturated heterocycles. The van der Waals surface area contributed by atoms with E-state index in [9.17, 15) is 9.18 Å². The highest BCUT2D eigenvalue weighted by Gasteiger charge is 2.60. The maximum Gasteiger partial charge on any atom is 0.228 e. The second-order valence-electron chi connectivity index (χ2n) is 11.2. The summed E-state index contributed by atoms with van der Waals surface area (Å²) in [6, 6.07) is 18.0. The molecule has 0 radical (unpaired) electrons. The van der Waals surface area contributed by atoms with Crippen LogP contribution in [-0.2, 0) is 10.2 Å². The van der Waals surface area contributed by atoms with Gasteiger partial charge in [-0.1, -0.05) is 43.3 Å². The zero-order chi connectivity index (χ0) is 28.6. The van der Waals surface area contributed by atoms with Crippen LogP contribution in [-0.4, -0.2) is 54.1 Å². The molecule has 1 saturated carbocycles. The molecular weight excluding hydrogens is 519 g/mol. The van der Waals surface area contributed by atoms with E-state index in [1.165, 1.54) is 12.1 Å². The molecule has 7 nitrogen and oxygen atoms in total. The largest absolute Gasteiger partial charge is 0.493 e. The van der Waals surface area contributed by atoms with E-state index in [4.69, 9.17) is 15.2 Å². The van der Waals surface area contributed by atoms with Gasteiger partial charge in [-0.2, -0.15) is 0 Å². The van der Waals surface area contributed by atoms with Crippen molar-refractivity contribution < 1.29 is 18.7 Å². The number of hydrogen-bond donors (Lipinski definition) is 1. The third-order valence-electron chi connectivity index (χ3n) is 8.90. The van der Waals surface area contributed by atoms with E-state index in [0.717, 1.165) is 65.8 Å². The van der Waals surface area contributed by atoms with Crippen molar-refractivity contribution >= 4 is 16.8 Å². The average molecular weight is 555 g/mol. The first-order chi connectivity index (χ1) is 19.9. The standard InChI is InChI=1S/C33H35FN4O3/c1-3-38-14-12-21(13-15-38)19-41-30-17-28-26(16-29(30)40-2)31(37-20-36-28)23-6-4-22(5-7-23)27-18-33(27,32(35)39)24-8-10-25(34)11-9-24/h4-11,16-17,20-21,27H,3,12-15,18-19H2,1-2H3,(H2,35,39). The number of rotatable bonds is 9. The van der Waals surface area contributed by atoms with Crippen LogP contribution in [0.5, 0.6) is 11.5 Å². The highest BCUT2D eigenvalue weighted by atomic mass is 19.1.